The minimum atomic E-state index is -0.691. The van der Waals surface area contributed by atoms with E-state index in [1.54, 1.807) is 7.05 Å². The average Bonchev–Trinajstić information content (AvgIpc) is 2.67. The van der Waals surface area contributed by atoms with Gasteiger partial charge in [-0.1, -0.05) is 25.7 Å². The number of hydrogen-bond donors (Lipinski definition) is 2. The Labute approximate surface area is 116 Å². The van der Waals surface area contributed by atoms with E-state index in [1.165, 1.54) is 38.5 Å². The summed E-state index contributed by atoms with van der Waals surface area (Å²) in [6.45, 7) is 0. The van der Waals surface area contributed by atoms with Crippen LogP contribution in [-0.2, 0) is 4.79 Å². The van der Waals surface area contributed by atoms with E-state index in [0.29, 0.717) is 12.1 Å². The molecular formula is C15H28N2O2. The lowest BCUT2D eigenvalue weighted by molar-refractivity contribution is -0.144. The van der Waals surface area contributed by atoms with Crippen molar-refractivity contribution in [2.45, 2.75) is 75.4 Å². The van der Waals surface area contributed by atoms with E-state index in [9.17, 15) is 9.90 Å². The Hall–Kier alpha value is -0.610. The quantitative estimate of drug-likeness (QED) is 0.768. The molecule has 2 rings (SSSR count). The molecule has 4 heteroatoms. The van der Waals surface area contributed by atoms with Gasteiger partial charge in [-0.25, -0.2) is 0 Å². The van der Waals surface area contributed by atoms with E-state index >= 15 is 0 Å². The summed E-state index contributed by atoms with van der Waals surface area (Å²) in [5.74, 6) is -0.688. The lowest BCUT2D eigenvalue weighted by atomic mass is 9.97. The molecule has 2 aliphatic rings. The molecule has 2 aliphatic carbocycles. The summed E-state index contributed by atoms with van der Waals surface area (Å²) >= 11 is 0. The summed E-state index contributed by atoms with van der Waals surface area (Å²) < 4.78 is 0. The first-order valence-electron chi connectivity index (χ1n) is 7.73. The molecule has 0 amide bonds. The Morgan fingerprint density at radius 1 is 1.16 bits per heavy atom. The molecule has 2 saturated carbocycles. The zero-order valence-corrected chi connectivity index (χ0v) is 12.3. The fraction of sp³-hybridized carbons (Fsp3) is 0.933. The zero-order chi connectivity index (χ0) is 13.9. The zero-order valence-electron chi connectivity index (χ0n) is 12.3. The van der Waals surface area contributed by atoms with Gasteiger partial charge in [0.05, 0.1) is 0 Å². The number of aliphatic carboxylic acids is 1. The highest BCUT2D eigenvalue weighted by Gasteiger charge is 2.46. The minimum absolute atomic E-state index is 0.423. The molecule has 0 aromatic rings. The standard InChI is InChI=1S/C15H28N2O2/c1-16-15(14(18)19)10-9-13(11-15)17(2)12-7-5-3-4-6-8-12/h12-13,16H,3-11H2,1-2H3,(H,18,19). The molecule has 2 fully saturated rings. The van der Waals surface area contributed by atoms with E-state index in [4.69, 9.17) is 0 Å². The second kappa shape index (κ2) is 6.23. The van der Waals surface area contributed by atoms with E-state index in [0.717, 1.165) is 19.3 Å². The van der Waals surface area contributed by atoms with Gasteiger partial charge in [0.25, 0.3) is 0 Å². The third kappa shape index (κ3) is 3.11. The topological polar surface area (TPSA) is 52.6 Å². The molecule has 0 aromatic carbocycles. The van der Waals surface area contributed by atoms with Crippen LogP contribution in [0.1, 0.15) is 57.8 Å². The maximum absolute atomic E-state index is 11.5. The van der Waals surface area contributed by atoms with E-state index in [-0.39, 0.29) is 0 Å². The summed E-state index contributed by atoms with van der Waals surface area (Å²) in [5.41, 5.74) is -0.691. The Bertz CT molecular complexity index is 313. The van der Waals surface area contributed by atoms with Crippen LogP contribution in [0.4, 0.5) is 0 Å². The van der Waals surface area contributed by atoms with Gasteiger partial charge in [-0.2, -0.15) is 0 Å². The molecule has 0 heterocycles. The van der Waals surface area contributed by atoms with E-state index in [1.807, 2.05) is 0 Å². The van der Waals surface area contributed by atoms with Crippen LogP contribution in [0.5, 0.6) is 0 Å². The van der Waals surface area contributed by atoms with Crippen LogP contribution in [-0.4, -0.2) is 47.7 Å². The highest BCUT2D eigenvalue weighted by Crippen LogP contribution is 2.35. The average molecular weight is 268 g/mol. The van der Waals surface area contributed by atoms with Gasteiger partial charge in [0, 0.05) is 12.1 Å². The smallest absolute Gasteiger partial charge is 0.323 e. The van der Waals surface area contributed by atoms with Crippen molar-refractivity contribution < 1.29 is 9.90 Å². The number of carboxylic acids is 1. The van der Waals surface area contributed by atoms with Crippen molar-refractivity contribution in [1.29, 1.82) is 0 Å². The lowest BCUT2D eigenvalue weighted by Gasteiger charge is -2.33. The van der Waals surface area contributed by atoms with Crippen molar-refractivity contribution in [3.63, 3.8) is 0 Å². The van der Waals surface area contributed by atoms with Crippen LogP contribution in [0.2, 0.25) is 0 Å². The predicted octanol–water partition coefficient (Wildman–Crippen LogP) is 2.24. The van der Waals surface area contributed by atoms with Crippen molar-refractivity contribution in [3.05, 3.63) is 0 Å². The third-order valence-electron chi connectivity index (χ3n) is 5.35. The summed E-state index contributed by atoms with van der Waals surface area (Å²) in [6.07, 6.45) is 10.5. The highest BCUT2D eigenvalue weighted by atomic mass is 16.4. The molecule has 0 spiro atoms. The molecule has 2 atom stereocenters. The van der Waals surface area contributed by atoms with Crippen molar-refractivity contribution in [2.75, 3.05) is 14.1 Å². The Kier molecular flexibility index (Phi) is 4.85. The Morgan fingerprint density at radius 2 is 1.79 bits per heavy atom. The fourth-order valence-corrected chi connectivity index (χ4v) is 3.86. The molecule has 0 aliphatic heterocycles. The molecule has 0 bridgehead atoms. The van der Waals surface area contributed by atoms with Gasteiger partial charge in [0.1, 0.15) is 5.54 Å². The van der Waals surface area contributed by atoms with E-state index in [2.05, 4.69) is 17.3 Å². The summed E-state index contributed by atoms with van der Waals surface area (Å²) in [5, 5.41) is 12.5. The SMILES string of the molecule is CNC1(C(=O)O)CCC(N(C)C2CCCCCC2)C1. The van der Waals surface area contributed by atoms with Gasteiger partial charge < -0.3 is 15.3 Å². The van der Waals surface area contributed by atoms with Gasteiger partial charge in [-0.15, -0.1) is 0 Å². The number of likely N-dealkylation sites (N-methyl/N-ethyl adjacent to an activating group) is 1. The number of hydrogen-bond acceptors (Lipinski definition) is 3. The largest absolute Gasteiger partial charge is 0.480 e. The number of rotatable bonds is 4. The van der Waals surface area contributed by atoms with Crippen molar-refractivity contribution in [2.24, 2.45) is 0 Å². The van der Waals surface area contributed by atoms with Gasteiger partial charge in [0.15, 0.2) is 0 Å². The van der Waals surface area contributed by atoms with Crippen LogP contribution in [0.3, 0.4) is 0 Å². The monoisotopic (exact) mass is 268 g/mol. The van der Waals surface area contributed by atoms with Crippen LogP contribution in [0, 0.1) is 0 Å². The number of carbonyl (C=O) groups is 1. The van der Waals surface area contributed by atoms with Crippen LogP contribution < -0.4 is 5.32 Å². The van der Waals surface area contributed by atoms with Gasteiger partial charge in [-0.3, -0.25) is 4.79 Å². The second-order valence-electron chi connectivity index (χ2n) is 6.34. The summed E-state index contributed by atoms with van der Waals surface area (Å²) in [6, 6.07) is 1.08. The molecule has 2 N–H and O–H groups in total. The maximum Gasteiger partial charge on any atom is 0.323 e. The van der Waals surface area contributed by atoms with Crippen LogP contribution >= 0.6 is 0 Å². The maximum atomic E-state index is 11.5. The Balaban J connectivity index is 1.97. The fourth-order valence-electron chi connectivity index (χ4n) is 3.86. The Morgan fingerprint density at radius 3 is 2.26 bits per heavy atom. The number of nitrogens with zero attached hydrogens (tertiary/aromatic N) is 1. The van der Waals surface area contributed by atoms with Crippen LogP contribution in [0.15, 0.2) is 0 Å². The first-order chi connectivity index (χ1) is 9.09. The molecule has 0 aromatic heterocycles. The number of carboxylic acid groups (broad SMARTS) is 1. The summed E-state index contributed by atoms with van der Waals surface area (Å²) in [4.78, 5) is 14.0. The molecule has 2 unspecified atom stereocenters. The van der Waals surface area contributed by atoms with Gasteiger partial charge in [0.2, 0.25) is 0 Å². The summed E-state index contributed by atoms with van der Waals surface area (Å²) in [7, 11) is 3.98. The highest BCUT2D eigenvalue weighted by molar-refractivity contribution is 5.79. The molecular weight excluding hydrogens is 240 g/mol. The number of nitrogens with one attached hydrogen (secondary N) is 1. The van der Waals surface area contributed by atoms with Gasteiger partial charge in [-0.05, 0) is 46.2 Å². The van der Waals surface area contributed by atoms with Gasteiger partial charge >= 0.3 is 5.97 Å². The molecule has 0 radical (unpaired) electrons. The first-order valence-corrected chi connectivity index (χ1v) is 7.73. The van der Waals surface area contributed by atoms with Crippen molar-refractivity contribution >= 4 is 5.97 Å². The molecule has 4 nitrogen and oxygen atoms in total. The molecule has 0 saturated heterocycles. The normalized spacial score (nSPS) is 33.5. The predicted molar refractivity (Wildman–Crippen MR) is 76.3 cm³/mol. The molecule has 110 valence electrons. The van der Waals surface area contributed by atoms with Crippen LogP contribution in [0.25, 0.3) is 0 Å². The lowest BCUT2D eigenvalue weighted by Crippen LogP contribution is -2.50. The van der Waals surface area contributed by atoms with Crippen molar-refractivity contribution in [1.82, 2.24) is 10.2 Å². The van der Waals surface area contributed by atoms with Crippen molar-refractivity contribution in [3.8, 4) is 0 Å². The minimum Gasteiger partial charge on any atom is -0.480 e. The van der Waals surface area contributed by atoms with E-state index < -0.39 is 11.5 Å². The first kappa shape index (κ1) is 14.8. The molecule has 19 heavy (non-hydrogen) atoms. The second-order valence-corrected chi connectivity index (χ2v) is 6.34. The third-order valence-corrected chi connectivity index (χ3v) is 5.35.